The number of hydrogen-bond donors (Lipinski definition) is 2. The minimum Gasteiger partial charge on any atom is -0.491 e. The number of hydrogen-bond acceptors (Lipinski definition) is 5. The molecule has 1 amide bonds. The average molecular weight is 362 g/mol. The van der Waals surface area contributed by atoms with Gasteiger partial charge in [0.1, 0.15) is 5.75 Å². The Bertz CT molecular complexity index is 906. The summed E-state index contributed by atoms with van der Waals surface area (Å²) >= 11 is 0. The maximum absolute atomic E-state index is 12.3. The molecule has 2 aromatic carbocycles. The van der Waals surface area contributed by atoms with Crippen molar-refractivity contribution >= 4 is 23.2 Å². The second-order valence-electron chi connectivity index (χ2n) is 6.39. The molecular formula is C21H22N4O2. The molecule has 138 valence electrons. The van der Waals surface area contributed by atoms with Gasteiger partial charge in [-0.15, -0.1) is 10.2 Å². The lowest BCUT2D eigenvalue weighted by atomic mass is 10.1. The number of ether oxygens (including phenoxy) is 1. The number of amides is 1. The Balaban J connectivity index is 1.62. The van der Waals surface area contributed by atoms with E-state index in [1.807, 2.05) is 63.2 Å². The van der Waals surface area contributed by atoms with E-state index >= 15 is 0 Å². The van der Waals surface area contributed by atoms with Gasteiger partial charge in [-0.25, -0.2) is 0 Å². The van der Waals surface area contributed by atoms with Crippen molar-refractivity contribution in [2.75, 3.05) is 10.6 Å². The molecule has 6 nitrogen and oxygen atoms in total. The molecule has 0 fully saturated rings. The molecule has 1 aromatic heterocycles. The number of aryl methyl sites for hydroxylation is 1. The highest BCUT2D eigenvalue weighted by Crippen LogP contribution is 2.20. The summed E-state index contributed by atoms with van der Waals surface area (Å²) in [5, 5.41) is 14.1. The largest absolute Gasteiger partial charge is 0.491 e. The number of anilines is 3. The Morgan fingerprint density at radius 3 is 2.22 bits per heavy atom. The van der Waals surface area contributed by atoms with E-state index in [1.165, 1.54) is 0 Å². The van der Waals surface area contributed by atoms with Crippen LogP contribution in [0.1, 0.15) is 29.8 Å². The lowest BCUT2D eigenvalue weighted by molar-refractivity contribution is 0.102. The van der Waals surface area contributed by atoms with Crippen LogP contribution in [0.25, 0.3) is 0 Å². The number of nitrogens with one attached hydrogen (secondary N) is 2. The van der Waals surface area contributed by atoms with Gasteiger partial charge in [0.2, 0.25) is 0 Å². The lowest BCUT2D eigenvalue weighted by Crippen LogP contribution is -2.14. The van der Waals surface area contributed by atoms with Gasteiger partial charge in [-0.3, -0.25) is 4.79 Å². The van der Waals surface area contributed by atoms with Crippen molar-refractivity contribution in [1.29, 1.82) is 0 Å². The van der Waals surface area contributed by atoms with Crippen LogP contribution >= 0.6 is 0 Å². The second-order valence-corrected chi connectivity index (χ2v) is 6.39. The normalized spacial score (nSPS) is 10.5. The molecular weight excluding hydrogens is 340 g/mol. The van der Waals surface area contributed by atoms with Crippen molar-refractivity contribution < 1.29 is 9.53 Å². The number of rotatable bonds is 6. The average Bonchev–Trinajstić information content (AvgIpc) is 2.65. The Hall–Kier alpha value is -3.41. The molecule has 0 unspecified atom stereocenters. The summed E-state index contributed by atoms with van der Waals surface area (Å²) in [5.74, 6) is 1.59. The number of aromatic nitrogens is 2. The molecule has 1 heterocycles. The molecule has 0 aliphatic rings. The first-order valence-corrected chi connectivity index (χ1v) is 8.76. The van der Waals surface area contributed by atoms with E-state index in [0.717, 1.165) is 17.0 Å². The van der Waals surface area contributed by atoms with Crippen molar-refractivity contribution in [3.05, 3.63) is 71.8 Å². The number of benzene rings is 2. The van der Waals surface area contributed by atoms with E-state index in [0.29, 0.717) is 17.2 Å². The molecule has 0 atom stereocenters. The fourth-order valence-corrected chi connectivity index (χ4v) is 2.51. The molecule has 0 radical (unpaired) electrons. The van der Waals surface area contributed by atoms with Crippen LogP contribution in [0.3, 0.4) is 0 Å². The zero-order valence-corrected chi connectivity index (χ0v) is 15.6. The fourth-order valence-electron chi connectivity index (χ4n) is 2.51. The van der Waals surface area contributed by atoms with Crippen LogP contribution in [0.4, 0.5) is 17.3 Å². The third-order valence-corrected chi connectivity index (χ3v) is 3.79. The van der Waals surface area contributed by atoms with Crippen molar-refractivity contribution in [2.45, 2.75) is 26.9 Å². The van der Waals surface area contributed by atoms with Gasteiger partial charge in [0, 0.05) is 11.3 Å². The number of nitrogens with zero attached hydrogens (tertiary/aromatic N) is 2. The van der Waals surface area contributed by atoms with E-state index < -0.39 is 0 Å². The van der Waals surface area contributed by atoms with Crippen molar-refractivity contribution in [1.82, 2.24) is 10.2 Å². The highest BCUT2D eigenvalue weighted by Gasteiger charge is 2.09. The van der Waals surface area contributed by atoms with Gasteiger partial charge < -0.3 is 15.4 Å². The predicted molar refractivity (Wildman–Crippen MR) is 107 cm³/mol. The van der Waals surface area contributed by atoms with Gasteiger partial charge >= 0.3 is 0 Å². The Morgan fingerprint density at radius 1 is 0.926 bits per heavy atom. The van der Waals surface area contributed by atoms with Gasteiger partial charge in [0.25, 0.3) is 5.91 Å². The smallest absolute Gasteiger partial charge is 0.257 e. The maximum Gasteiger partial charge on any atom is 0.257 e. The predicted octanol–water partition coefficient (Wildman–Crippen LogP) is 4.57. The molecule has 6 heteroatoms. The third kappa shape index (κ3) is 5.04. The molecule has 0 bridgehead atoms. The van der Waals surface area contributed by atoms with Gasteiger partial charge in [-0.05, 0) is 68.8 Å². The summed E-state index contributed by atoms with van der Waals surface area (Å²) in [5.41, 5.74) is 2.40. The summed E-state index contributed by atoms with van der Waals surface area (Å²) in [6.45, 7) is 5.87. The standard InChI is InChI=1S/C21H22N4O2/c1-14(2)27-17-10-8-16(9-11-17)22-19-12-13-20(25-24-19)23-21(26)18-7-5-4-6-15(18)3/h4-14H,1-3H3,(H,22,24)(H,23,25,26). The lowest BCUT2D eigenvalue weighted by Gasteiger charge is -2.11. The molecule has 3 rings (SSSR count). The summed E-state index contributed by atoms with van der Waals surface area (Å²) in [6.07, 6.45) is 0.136. The zero-order valence-electron chi connectivity index (χ0n) is 15.6. The SMILES string of the molecule is Cc1ccccc1C(=O)Nc1ccc(Nc2ccc(OC(C)C)cc2)nn1. The molecule has 0 spiro atoms. The van der Waals surface area contributed by atoms with Crippen molar-refractivity contribution in [3.63, 3.8) is 0 Å². The molecule has 3 aromatic rings. The Labute approximate surface area is 158 Å². The van der Waals surface area contributed by atoms with Crippen LogP contribution in [0.15, 0.2) is 60.7 Å². The monoisotopic (exact) mass is 362 g/mol. The second kappa shape index (κ2) is 8.31. The zero-order chi connectivity index (χ0) is 19.2. The van der Waals surface area contributed by atoms with Gasteiger partial charge in [-0.2, -0.15) is 0 Å². The van der Waals surface area contributed by atoms with E-state index in [2.05, 4.69) is 20.8 Å². The minimum atomic E-state index is -0.205. The quantitative estimate of drug-likeness (QED) is 0.672. The first-order chi connectivity index (χ1) is 13.0. The van der Waals surface area contributed by atoms with Gasteiger partial charge in [0.05, 0.1) is 6.10 Å². The Morgan fingerprint density at radius 2 is 1.59 bits per heavy atom. The summed E-state index contributed by atoms with van der Waals surface area (Å²) < 4.78 is 5.62. The highest BCUT2D eigenvalue weighted by atomic mass is 16.5. The van der Waals surface area contributed by atoms with E-state index in [4.69, 9.17) is 4.74 Å². The van der Waals surface area contributed by atoms with Crippen LogP contribution in [0.5, 0.6) is 5.75 Å². The van der Waals surface area contributed by atoms with Crippen LogP contribution in [0, 0.1) is 6.92 Å². The summed E-state index contributed by atoms with van der Waals surface area (Å²) in [4.78, 5) is 12.3. The third-order valence-electron chi connectivity index (χ3n) is 3.79. The Kier molecular flexibility index (Phi) is 5.66. The van der Waals surface area contributed by atoms with E-state index in [-0.39, 0.29) is 12.0 Å². The van der Waals surface area contributed by atoms with Crippen molar-refractivity contribution in [3.8, 4) is 5.75 Å². The van der Waals surface area contributed by atoms with E-state index in [1.54, 1.807) is 18.2 Å². The molecule has 0 saturated heterocycles. The topological polar surface area (TPSA) is 76.1 Å². The summed E-state index contributed by atoms with van der Waals surface area (Å²) in [6, 6.07) is 18.5. The van der Waals surface area contributed by atoms with Gasteiger partial charge in [0.15, 0.2) is 11.6 Å². The minimum absolute atomic E-state index is 0.136. The van der Waals surface area contributed by atoms with Crippen LogP contribution in [-0.4, -0.2) is 22.2 Å². The van der Waals surface area contributed by atoms with Gasteiger partial charge in [-0.1, -0.05) is 18.2 Å². The number of carbonyl (C=O) groups excluding carboxylic acids is 1. The molecule has 2 N–H and O–H groups in total. The summed E-state index contributed by atoms with van der Waals surface area (Å²) in [7, 11) is 0. The van der Waals surface area contributed by atoms with Crippen LogP contribution in [0.2, 0.25) is 0 Å². The van der Waals surface area contributed by atoms with Crippen LogP contribution < -0.4 is 15.4 Å². The van der Waals surface area contributed by atoms with Crippen LogP contribution in [-0.2, 0) is 0 Å². The molecule has 0 aliphatic heterocycles. The molecule has 0 saturated carbocycles. The maximum atomic E-state index is 12.3. The highest BCUT2D eigenvalue weighted by molar-refractivity contribution is 6.04. The number of carbonyl (C=O) groups is 1. The first kappa shape index (κ1) is 18.4. The fraction of sp³-hybridized carbons (Fsp3) is 0.190. The van der Waals surface area contributed by atoms with E-state index in [9.17, 15) is 4.79 Å². The molecule has 27 heavy (non-hydrogen) atoms. The van der Waals surface area contributed by atoms with Crippen molar-refractivity contribution in [2.24, 2.45) is 0 Å². The molecule has 0 aliphatic carbocycles. The first-order valence-electron chi connectivity index (χ1n) is 8.76.